The number of hydrogen-bond donors (Lipinski definition) is 3. The van der Waals surface area contributed by atoms with E-state index in [1.54, 1.807) is 18.2 Å². The molecule has 1 aromatic heterocycles. The van der Waals surface area contributed by atoms with Crippen molar-refractivity contribution in [3.05, 3.63) is 28.6 Å². The maximum atomic E-state index is 12.0. The molecule has 1 aromatic carbocycles. The van der Waals surface area contributed by atoms with Gasteiger partial charge in [0.15, 0.2) is 0 Å². The van der Waals surface area contributed by atoms with E-state index in [2.05, 4.69) is 9.97 Å². The SMILES string of the molecule is CC(C)N(CCO)c1nc2ccc(N)cc2c(=O)[nH]1. The van der Waals surface area contributed by atoms with E-state index in [1.165, 1.54) is 0 Å². The maximum absolute atomic E-state index is 12.0. The van der Waals surface area contributed by atoms with Crippen LogP contribution in [0.1, 0.15) is 13.8 Å². The van der Waals surface area contributed by atoms with Crippen molar-refractivity contribution in [2.75, 3.05) is 23.8 Å². The van der Waals surface area contributed by atoms with Crippen molar-refractivity contribution in [1.82, 2.24) is 9.97 Å². The summed E-state index contributed by atoms with van der Waals surface area (Å²) in [5.74, 6) is 0.464. The molecule has 0 saturated carbocycles. The van der Waals surface area contributed by atoms with Gasteiger partial charge in [-0.3, -0.25) is 9.78 Å². The molecule has 0 spiro atoms. The number of anilines is 2. The van der Waals surface area contributed by atoms with Gasteiger partial charge in [-0.15, -0.1) is 0 Å². The Bertz CT molecular complexity index is 636. The summed E-state index contributed by atoms with van der Waals surface area (Å²) >= 11 is 0. The Labute approximate surface area is 110 Å². The Balaban J connectivity index is 2.56. The zero-order valence-corrected chi connectivity index (χ0v) is 11.1. The van der Waals surface area contributed by atoms with Crippen LogP contribution in [0.3, 0.4) is 0 Å². The first-order chi connectivity index (χ1) is 9.02. The summed E-state index contributed by atoms with van der Waals surface area (Å²) in [7, 11) is 0. The van der Waals surface area contributed by atoms with Crippen LogP contribution >= 0.6 is 0 Å². The van der Waals surface area contributed by atoms with E-state index in [0.29, 0.717) is 29.1 Å². The molecule has 4 N–H and O–H groups in total. The Hall–Kier alpha value is -2.08. The molecule has 0 radical (unpaired) electrons. The number of hydrogen-bond acceptors (Lipinski definition) is 5. The lowest BCUT2D eigenvalue weighted by molar-refractivity contribution is 0.298. The summed E-state index contributed by atoms with van der Waals surface area (Å²) < 4.78 is 0. The normalized spacial score (nSPS) is 11.2. The molecule has 0 unspecified atom stereocenters. The molecule has 0 atom stereocenters. The number of nitrogens with one attached hydrogen (secondary N) is 1. The first kappa shape index (κ1) is 13.4. The quantitative estimate of drug-likeness (QED) is 0.705. The van der Waals surface area contributed by atoms with E-state index in [9.17, 15) is 4.79 Å². The molecule has 6 heteroatoms. The predicted octanol–water partition coefficient (Wildman–Crippen LogP) is 0.712. The van der Waals surface area contributed by atoms with Gasteiger partial charge in [0, 0.05) is 18.3 Å². The number of aromatic amines is 1. The Morgan fingerprint density at radius 3 is 2.84 bits per heavy atom. The van der Waals surface area contributed by atoms with Crippen LogP contribution in [0.25, 0.3) is 10.9 Å². The number of nitrogens with zero attached hydrogens (tertiary/aromatic N) is 2. The van der Waals surface area contributed by atoms with Crippen molar-refractivity contribution in [2.24, 2.45) is 0 Å². The first-order valence-electron chi connectivity index (χ1n) is 6.20. The van der Waals surface area contributed by atoms with E-state index in [-0.39, 0.29) is 18.2 Å². The number of rotatable bonds is 4. The first-order valence-corrected chi connectivity index (χ1v) is 6.20. The zero-order chi connectivity index (χ0) is 14.0. The number of nitrogens with two attached hydrogens (primary N) is 1. The van der Waals surface area contributed by atoms with Crippen LogP contribution in [0, 0.1) is 0 Å². The van der Waals surface area contributed by atoms with Gasteiger partial charge in [0.25, 0.3) is 5.56 Å². The topological polar surface area (TPSA) is 95.2 Å². The molecule has 1 heterocycles. The molecule has 0 aliphatic carbocycles. The molecule has 19 heavy (non-hydrogen) atoms. The zero-order valence-electron chi connectivity index (χ0n) is 11.1. The summed E-state index contributed by atoms with van der Waals surface area (Å²) in [4.78, 5) is 21.0. The molecule has 102 valence electrons. The molecule has 2 aromatic rings. The van der Waals surface area contributed by atoms with Crippen molar-refractivity contribution in [2.45, 2.75) is 19.9 Å². The summed E-state index contributed by atoms with van der Waals surface area (Å²) in [6, 6.07) is 5.17. The second-order valence-corrected chi connectivity index (χ2v) is 4.68. The number of aliphatic hydroxyl groups excluding tert-OH is 1. The van der Waals surface area contributed by atoms with Crippen LogP contribution in [0.4, 0.5) is 11.6 Å². The highest BCUT2D eigenvalue weighted by Gasteiger charge is 2.14. The van der Waals surface area contributed by atoms with Crippen LogP contribution in [0.2, 0.25) is 0 Å². The van der Waals surface area contributed by atoms with Gasteiger partial charge in [-0.25, -0.2) is 4.98 Å². The largest absolute Gasteiger partial charge is 0.399 e. The summed E-state index contributed by atoms with van der Waals surface area (Å²) in [6.07, 6.45) is 0. The second kappa shape index (κ2) is 5.27. The molecule has 0 amide bonds. The number of aromatic nitrogens is 2. The van der Waals surface area contributed by atoms with Crippen molar-refractivity contribution in [3.8, 4) is 0 Å². The highest BCUT2D eigenvalue weighted by atomic mass is 16.3. The van der Waals surface area contributed by atoms with E-state index in [4.69, 9.17) is 10.8 Å². The molecule has 6 nitrogen and oxygen atoms in total. The Morgan fingerprint density at radius 1 is 1.47 bits per heavy atom. The van der Waals surface area contributed by atoms with Crippen molar-refractivity contribution < 1.29 is 5.11 Å². The van der Waals surface area contributed by atoms with Crippen LogP contribution in [-0.4, -0.2) is 34.3 Å². The molecule has 2 rings (SSSR count). The van der Waals surface area contributed by atoms with Gasteiger partial charge in [-0.1, -0.05) is 0 Å². The third-order valence-electron chi connectivity index (χ3n) is 2.95. The number of nitrogen functional groups attached to an aromatic ring is 1. The minimum absolute atomic E-state index is 0.00165. The minimum Gasteiger partial charge on any atom is -0.399 e. The Kier molecular flexibility index (Phi) is 3.71. The Morgan fingerprint density at radius 2 is 2.21 bits per heavy atom. The fourth-order valence-corrected chi connectivity index (χ4v) is 2.00. The lowest BCUT2D eigenvalue weighted by atomic mass is 10.2. The fraction of sp³-hybridized carbons (Fsp3) is 0.385. The van der Waals surface area contributed by atoms with Crippen LogP contribution in [0.5, 0.6) is 0 Å². The van der Waals surface area contributed by atoms with Crippen molar-refractivity contribution >= 4 is 22.5 Å². The van der Waals surface area contributed by atoms with E-state index in [1.807, 2.05) is 18.7 Å². The average molecular weight is 262 g/mol. The van der Waals surface area contributed by atoms with Gasteiger partial charge in [-0.2, -0.15) is 0 Å². The number of benzene rings is 1. The molecular formula is C13H18N4O2. The smallest absolute Gasteiger partial charge is 0.260 e. The molecular weight excluding hydrogens is 244 g/mol. The lowest BCUT2D eigenvalue weighted by Crippen LogP contribution is -2.36. The monoisotopic (exact) mass is 262 g/mol. The maximum Gasteiger partial charge on any atom is 0.260 e. The molecule has 0 saturated heterocycles. The third-order valence-corrected chi connectivity index (χ3v) is 2.95. The number of aliphatic hydroxyl groups is 1. The van der Waals surface area contributed by atoms with Crippen molar-refractivity contribution in [3.63, 3.8) is 0 Å². The molecule has 0 fully saturated rings. The standard InChI is InChI=1S/C13H18N4O2/c1-8(2)17(5-6-18)13-15-11-4-3-9(14)7-10(11)12(19)16-13/h3-4,7-8,18H,5-6,14H2,1-2H3,(H,15,16,19). The predicted molar refractivity (Wildman–Crippen MR) is 76.3 cm³/mol. The minimum atomic E-state index is -0.226. The van der Waals surface area contributed by atoms with Crippen molar-refractivity contribution in [1.29, 1.82) is 0 Å². The van der Waals surface area contributed by atoms with Gasteiger partial charge < -0.3 is 15.7 Å². The molecule has 0 bridgehead atoms. The van der Waals surface area contributed by atoms with Gasteiger partial charge in [0.2, 0.25) is 5.95 Å². The van der Waals surface area contributed by atoms with Crippen LogP contribution in [-0.2, 0) is 0 Å². The fourth-order valence-electron chi connectivity index (χ4n) is 2.00. The van der Waals surface area contributed by atoms with Crippen LogP contribution < -0.4 is 16.2 Å². The van der Waals surface area contributed by atoms with E-state index < -0.39 is 0 Å². The molecule has 0 aliphatic heterocycles. The van der Waals surface area contributed by atoms with Gasteiger partial charge in [0.05, 0.1) is 17.5 Å². The second-order valence-electron chi connectivity index (χ2n) is 4.68. The van der Waals surface area contributed by atoms with Gasteiger partial charge in [-0.05, 0) is 32.0 Å². The average Bonchev–Trinajstić information content (AvgIpc) is 2.36. The highest BCUT2D eigenvalue weighted by molar-refractivity contribution is 5.81. The van der Waals surface area contributed by atoms with Gasteiger partial charge in [0.1, 0.15) is 0 Å². The van der Waals surface area contributed by atoms with Gasteiger partial charge >= 0.3 is 0 Å². The van der Waals surface area contributed by atoms with E-state index in [0.717, 1.165) is 0 Å². The number of H-pyrrole nitrogens is 1. The third kappa shape index (κ3) is 2.68. The lowest BCUT2D eigenvalue weighted by Gasteiger charge is -2.26. The summed E-state index contributed by atoms with van der Waals surface area (Å²) in [5.41, 5.74) is 6.56. The summed E-state index contributed by atoms with van der Waals surface area (Å²) in [6.45, 7) is 4.37. The molecule has 0 aliphatic rings. The van der Waals surface area contributed by atoms with E-state index >= 15 is 0 Å². The number of fused-ring (bicyclic) bond motifs is 1. The highest BCUT2D eigenvalue weighted by Crippen LogP contribution is 2.16. The summed E-state index contributed by atoms with van der Waals surface area (Å²) in [5, 5.41) is 9.56. The van der Waals surface area contributed by atoms with Crippen LogP contribution in [0.15, 0.2) is 23.0 Å².